The minimum absolute atomic E-state index is 0.0515. The summed E-state index contributed by atoms with van der Waals surface area (Å²) in [6.45, 7) is 2.04. The zero-order valence-electron chi connectivity index (χ0n) is 13.4. The van der Waals surface area contributed by atoms with Gasteiger partial charge in [-0.1, -0.05) is 17.7 Å². The number of amides is 1. The summed E-state index contributed by atoms with van der Waals surface area (Å²) in [7, 11) is -4.28. The molecule has 0 aliphatic carbocycles. The second-order valence-electron chi connectivity index (χ2n) is 5.94. The van der Waals surface area contributed by atoms with Crippen molar-refractivity contribution in [1.82, 2.24) is 4.72 Å². The van der Waals surface area contributed by atoms with E-state index in [9.17, 15) is 22.0 Å². The summed E-state index contributed by atoms with van der Waals surface area (Å²) < 4.78 is 53.9. The van der Waals surface area contributed by atoms with Crippen molar-refractivity contribution in [1.29, 1.82) is 0 Å². The highest BCUT2D eigenvalue weighted by molar-refractivity contribution is 7.89. The van der Waals surface area contributed by atoms with Crippen molar-refractivity contribution in [2.75, 3.05) is 11.4 Å². The second kappa shape index (κ2) is 6.53. The first-order valence-electron chi connectivity index (χ1n) is 7.61. The Balaban J connectivity index is 1.79. The number of carbonyl (C=O) groups is 1. The van der Waals surface area contributed by atoms with Gasteiger partial charge < -0.3 is 4.90 Å². The van der Waals surface area contributed by atoms with Gasteiger partial charge in [-0.3, -0.25) is 4.79 Å². The topological polar surface area (TPSA) is 66.5 Å². The molecule has 1 aliphatic heterocycles. The molecule has 25 heavy (non-hydrogen) atoms. The molecule has 2 aromatic carbocycles. The summed E-state index contributed by atoms with van der Waals surface area (Å²) in [5, 5.41) is 0. The van der Waals surface area contributed by atoms with E-state index in [1.165, 1.54) is 4.90 Å². The van der Waals surface area contributed by atoms with Crippen LogP contribution in [0.25, 0.3) is 0 Å². The van der Waals surface area contributed by atoms with Gasteiger partial charge in [0.25, 0.3) is 0 Å². The van der Waals surface area contributed by atoms with Crippen molar-refractivity contribution in [3.63, 3.8) is 0 Å². The Hall–Kier alpha value is -2.32. The number of hydrogen-bond acceptors (Lipinski definition) is 3. The SMILES string of the molecule is Cc1ccc(N2C[C@H](NS(=O)(=O)c3cc(F)ccc3F)CC2=O)cc1. The van der Waals surface area contributed by atoms with Crippen LogP contribution in [0.1, 0.15) is 12.0 Å². The summed E-state index contributed by atoms with van der Waals surface area (Å²) in [6, 6.07) is 8.74. The lowest BCUT2D eigenvalue weighted by Crippen LogP contribution is -2.37. The molecule has 3 rings (SSSR count). The van der Waals surface area contributed by atoms with E-state index in [4.69, 9.17) is 0 Å². The molecule has 0 unspecified atom stereocenters. The van der Waals surface area contributed by atoms with Crippen LogP contribution in [-0.2, 0) is 14.8 Å². The molecule has 132 valence electrons. The van der Waals surface area contributed by atoms with Crippen molar-refractivity contribution in [3.05, 3.63) is 59.7 Å². The smallest absolute Gasteiger partial charge is 0.243 e. The summed E-state index contributed by atoms with van der Waals surface area (Å²) in [6.07, 6.45) is -0.0515. The van der Waals surface area contributed by atoms with E-state index in [2.05, 4.69) is 4.72 Å². The fourth-order valence-corrected chi connectivity index (χ4v) is 4.04. The molecule has 0 bridgehead atoms. The van der Waals surface area contributed by atoms with Gasteiger partial charge in [0, 0.05) is 24.7 Å². The fraction of sp³-hybridized carbons (Fsp3) is 0.235. The van der Waals surface area contributed by atoms with Crippen LogP contribution in [0.4, 0.5) is 14.5 Å². The lowest BCUT2D eigenvalue weighted by Gasteiger charge is -2.17. The lowest BCUT2D eigenvalue weighted by molar-refractivity contribution is -0.117. The maximum atomic E-state index is 13.7. The van der Waals surface area contributed by atoms with E-state index in [1.807, 2.05) is 19.1 Å². The molecule has 0 spiro atoms. The van der Waals surface area contributed by atoms with E-state index in [-0.39, 0.29) is 18.9 Å². The fourth-order valence-electron chi connectivity index (χ4n) is 2.73. The third kappa shape index (κ3) is 3.69. The molecule has 1 aliphatic rings. The molecule has 1 atom stereocenters. The van der Waals surface area contributed by atoms with E-state index in [1.54, 1.807) is 12.1 Å². The number of aryl methyl sites for hydroxylation is 1. The Bertz CT molecular complexity index is 914. The number of hydrogen-bond donors (Lipinski definition) is 1. The van der Waals surface area contributed by atoms with E-state index >= 15 is 0 Å². The first-order chi connectivity index (χ1) is 11.8. The van der Waals surface area contributed by atoms with Gasteiger partial charge in [0.05, 0.1) is 0 Å². The van der Waals surface area contributed by atoms with Crippen LogP contribution in [0, 0.1) is 18.6 Å². The van der Waals surface area contributed by atoms with Crippen LogP contribution in [0.15, 0.2) is 47.4 Å². The standard InChI is InChI=1S/C17H16F2N2O3S/c1-11-2-5-14(6-3-11)21-10-13(9-17(21)22)20-25(23,24)16-8-12(18)4-7-15(16)19/h2-8,13,20H,9-10H2,1H3/t13-/m1/s1. The van der Waals surface area contributed by atoms with Crippen LogP contribution in [0.5, 0.6) is 0 Å². The van der Waals surface area contributed by atoms with Crippen molar-refractivity contribution < 1.29 is 22.0 Å². The zero-order valence-corrected chi connectivity index (χ0v) is 14.2. The number of anilines is 1. The summed E-state index contributed by atoms with van der Waals surface area (Å²) in [4.78, 5) is 12.9. The number of halogens is 2. The summed E-state index contributed by atoms with van der Waals surface area (Å²) >= 11 is 0. The molecule has 2 aromatic rings. The highest BCUT2D eigenvalue weighted by Gasteiger charge is 2.34. The van der Waals surface area contributed by atoms with Crippen molar-refractivity contribution >= 4 is 21.6 Å². The Morgan fingerprint density at radius 3 is 2.48 bits per heavy atom. The van der Waals surface area contributed by atoms with Crippen molar-refractivity contribution in [2.45, 2.75) is 24.3 Å². The van der Waals surface area contributed by atoms with Crippen LogP contribution in [0.2, 0.25) is 0 Å². The molecule has 1 amide bonds. The normalized spacial score (nSPS) is 18.0. The Kier molecular flexibility index (Phi) is 4.57. The van der Waals surface area contributed by atoms with Crippen molar-refractivity contribution in [3.8, 4) is 0 Å². The number of carbonyl (C=O) groups excluding carboxylic acids is 1. The van der Waals surface area contributed by atoms with Gasteiger partial charge in [-0.25, -0.2) is 21.9 Å². The summed E-state index contributed by atoms with van der Waals surface area (Å²) in [5.74, 6) is -2.14. The summed E-state index contributed by atoms with van der Waals surface area (Å²) in [5.41, 5.74) is 1.70. The maximum Gasteiger partial charge on any atom is 0.243 e. The number of benzene rings is 2. The van der Waals surface area contributed by atoms with Gasteiger partial charge in [-0.05, 0) is 37.3 Å². The Morgan fingerprint density at radius 1 is 1.12 bits per heavy atom. The highest BCUT2D eigenvalue weighted by Crippen LogP contribution is 2.24. The monoisotopic (exact) mass is 366 g/mol. The van der Waals surface area contributed by atoms with Gasteiger partial charge in [-0.2, -0.15) is 0 Å². The van der Waals surface area contributed by atoms with Crippen LogP contribution in [-0.4, -0.2) is 26.9 Å². The first-order valence-corrected chi connectivity index (χ1v) is 9.09. The second-order valence-corrected chi connectivity index (χ2v) is 7.62. The van der Waals surface area contributed by atoms with E-state index in [0.29, 0.717) is 11.8 Å². The zero-order chi connectivity index (χ0) is 18.2. The molecule has 5 nitrogen and oxygen atoms in total. The van der Waals surface area contributed by atoms with Crippen LogP contribution in [0.3, 0.4) is 0 Å². The molecule has 0 aromatic heterocycles. The predicted molar refractivity (Wildman–Crippen MR) is 88.6 cm³/mol. The molecule has 1 saturated heterocycles. The van der Waals surface area contributed by atoms with Gasteiger partial charge in [0.1, 0.15) is 16.5 Å². The molecule has 1 heterocycles. The number of nitrogens with one attached hydrogen (secondary N) is 1. The third-order valence-corrected chi connectivity index (χ3v) is 5.51. The molecule has 8 heteroatoms. The predicted octanol–water partition coefficient (Wildman–Crippen LogP) is 2.36. The Labute approximate surface area is 144 Å². The average molecular weight is 366 g/mol. The number of sulfonamides is 1. The lowest BCUT2D eigenvalue weighted by atomic mass is 10.2. The number of rotatable bonds is 4. The minimum atomic E-state index is -4.28. The van der Waals surface area contributed by atoms with Crippen LogP contribution >= 0.6 is 0 Å². The van der Waals surface area contributed by atoms with E-state index < -0.39 is 32.6 Å². The third-order valence-electron chi connectivity index (χ3n) is 3.98. The highest BCUT2D eigenvalue weighted by atomic mass is 32.2. The molecule has 0 saturated carbocycles. The number of nitrogens with zero attached hydrogens (tertiary/aromatic N) is 1. The van der Waals surface area contributed by atoms with Crippen molar-refractivity contribution in [2.24, 2.45) is 0 Å². The van der Waals surface area contributed by atoms with Gasteiger partial charge in [-0.15, -0.1) is 0 Å². The van der Waals surface area contributed by atoms with Gasteiger partial charge in [0.15, 0.2) is 0 Å². The molecule has 1 N–H and O–H groups in total. The van der Waals surface area contributed by atoms with Crippen LogP contribution < -0.4 is 9.62 Å². The molecule has 1 fully saturated rings. The first kappa shape index (κ1) is 17.5. The van der Waals surface area contributed by atoms with E-state index in [0.717, 1.165) is 17.7 Å². The van der Waals surface area contributed by atoms with Gasteiger partial charge in [0.2, 0.25) is 15.9 Å². The quantitative estimate of drug-likeness (QED) is 0.903. The molecule has 0 radical (unpaired) electrons. The Morgan fingerprint density at radius 2 is 1.80 bits per heavy atom. The molecular formula is C17H16F2N2O3S. The molecular weight excluding hydrogens is 350 g/mol. The van der Waals surface area contributed by atoms with Gasteiger partial charge >= 0.3 is 0 Å². The maximum absolute atomic E-state index is 13.7. The average Bonchev–Trinajstić information content (AvgIpc) is 2.90. The largest absolute Gasteiger partial charge is 0.311 e. The minimum Gasteiger partial charge on any atom is -0.311 e.